The Morgan fingerprint density at radius 2 is 1.75 bits per heavy atom. The van der Waals surface area contributed by atoms with Gasteiger partial charge in [0.2, 0.25) is 0 Å². The van der Waals surface area contributed by atoms with Gasteiger partial charge in [-0.2, -0.15) is 0 Å². The third kappa shape index (κ3) is 6.21. The molecule has 0 aromatic carbocycles. The van der Waals surface area contributed by atoms with Gasteiger partial charge >= 0.3 is 11.9 Å². The maximum absolute atomic E-state index is 10.5. The van der Waals surface area contributed by atoms with Crippen molar-refractivity contribution in [1.29, 1.82) is 0 Å². The molecule has 0 heterocycles. The number of hydrogen-bond acceptors (Lipinski definition) is 5. The Hall–Kier alpha value is -0.440. The van der Waals surface area contributed by atoms with Crippen LogP contribution < -0.4 is 11.5 Å². The summed E-state index contributed by atoms with van der Waals surface area (Å²) in [6.45, 7) is 1.91. The zero-order chi connectivity index (χ0) is 12.7. The highest BCUT2D eigenvalue weighted by atomic mass is 33.1. The standard InChI is InChI=1S/C8H16N2O4S2/c1-2-16(4-6(10)8(13)14)15-3-5(9)7(11)12/h5-6H,2-4,9-10H2,1H3,(H-,11,12,13,14)/p+1/t5-,6-,16?/m0/s1. The number of aliphatic carboxylic acids is 2. The van der Waals surface area contributed by atoms with Crippen molar-refractivity contribution in [3.05, 3.63) is 0 Å². The average molecular weight is 269 g/mol. The smallest absolute Gasteiger partial charge is 0.325 e. The molecule has 16 heavy (non-hydrogen) atoms. The molecule has 1 unspecified atom stereocenters. The predicted octanol–water partition coefficient (Wildman–Crippen LogP) is -0.903. The first-order valence-electron chi connectivity index (χ1n) is 4.66. The molecule has 0 fully saturated rings. The summed E-state index contributed by atoms with van der Waals surface area (Å²) < 4.78 is 0. The van der Waals surface area contributed by atoms with Crippen LogP contribution in [0.15, 0.2) is 0 Å². The van der Waals surface area contributed by atoms with Crippen LogP contribution >= 0.6 is 10.8 Å². The zero-order valence-electron chi connectivity index (χ0n) is 8.96. The lowest BCUT2D eigenvalue weighted by molar-refractivity contribution is -0.138. The summed E-state index contributed by atoms with van der Waals surface area (Å²) in [5.41, 5.74) is 10.8. The molecule has 0 saturated carbocycles. The van der Waals surface area contributed by atoms with Crippen LogP contribution in [0.5, 0.6) is 0 Å². The van der Waals surface area contributed by atoms with E-state index in [-0.39, 0.29) is 15.7 Å². The SMILES string of the molecule is CC[S+](C[C@H](N)C(=O)O)SC[C@H](N)C(=O)O. The third-order valence-electron chi connectivity index (χ3n) is 1.74. The first-order chi connectivity index (χ1) is 7.38. The molecule has 0 spiro atoms. The highest BCUT2D eigenvalue weighted by Crippen LogP contribution is 2.18. The van der Waals surface area contributed by atoms with Gasteiger partial charge in [0.1, 0.15) is 23.6 Å². The second kappa shape index (κ2) is 7.77. The molecule has 6 nitrogen and oxygen atoms in total. The number of hydrogen-bond donors (Lipinski definition) is 4. The number of nitrogens with two attached hydrogens (primary N) is 2. The van der Waals surface area contributed by atoms with Crippen LogP contribution in [0.2, 0.25) is 0 Å². The van der Waals surface area contributed by atoms with Crippen molar-refractivity contribution in [2.24, 2.45) is 11.5 Å². The van der Waals surface area contributed by atoms with Gasteiger partial charge in [-0.3, -0.25) is 9.59 Å². The van der Waals surface area contributed by atoms with Crippen molar-refractivity contribution in [2.75, 3.05) is 17.3 Å². The highest BCUT2D eigenvalue weighted by molar-refractivity contribution is 8.74. The fourth-order valence-corrected chi connectivity index (χ4v) is 4.53. The van der Waals surface area contributed by atoms with Crippen LogP contribution in [0.3, 0.4) is 0 Å². The van der Waals surface area contributed by atoms with E-state index < -0.39 is 24.0 Å². The maximum atomic E-state index is 10.5. The minimum Gasteiger partial charge on any atom is -0.480 e. The second-order valence-electron chi connectivity index (χ2n) is 3.07. The number of rotatable bonds is 8. The topological polar surface area (TPSA) is 127 Å². The quantitative estimate of drug-likeness (QED) is 0.332. The first kappa shape index (κ1) is 15.6. The van der Waals surface area contributed by atoms with E-state index in [9.17, 15) is 9.59 Å². The van der Waals surface area contributed by atoms with E-state index >= 15 is 0 Å². The number of carboxylic acid groups (broad SMARTS) is 2. The van der Waals surface area contributed by atoms with Gasteiger partial charge in [0.25, 0.3) is 0 Å². The number of carboxylic acids is 2. The Labute approximate surface area is 100 Å². The molecule has 0 aromatic heterocycles. The van der Waals surface area contributed by atoms with Gasteiger partial charge in [-0.25, -0.2) is 0 Å². The van der Waals surface area contributed by atoms with Crippen molar-refractivity contribution in [1.82, 2.24) is 0 Å². The van der Waals surface area contributed by atoms with Gasteiger partial charge in [-0.05, 0) is 6.92 Å². The Morgan fingerprint density at radius 1 is 1.25 bits per heavy atom. The van der Waals surface area contributed by atoms with Crippen LogP contribution in [0.1, 0.15) is 6.92 Å². The van der Waals surface area contributed by atoms with Crippen molar-refractivity contribution >= 4 is 32.7 Å². The highest BCUT2D eigenvalue weighted by Gasteiger charge is 2.28. The van der Waals surface area contributed by atoms with Gasteiger partial charge < -0.3 is 21.7 Å². The summed E-state index contributed by atoms with van der Waals surface area (Å²) in [6, 6.07) is -1.80. The number of carbonyl (C=O) groups is 2. The molecule has 6 N–H and O–H groups in total. The maximum Gasteiger partial charge on any atom is 0.325 e. The van der Waals surface area contributed by atoms with Gasteiger partial charge in [0.15, 0.2) is 0 Å². The first-order valence-corrected chi connectivity index (χ1v) is 7.72. The monoisotopic (exact) mass is 269 g/mol. The largest absolute Gasteiger partial charge is 0.480 e. The normalized spacial score (nSPS) is 16.4. The molecule has 0 saturated heterocycles. The van der Waals surface area contributed by atoms with Gasteiger partial charge in [0.05, 0.1) is 26.5 Å². The summed E-state index contributed by atoms with van der Waals surface area (Å²) in [7, 11) is 1.13. The summed E-state index contributed by atoms with van der Waals surface area (Å²) in [5, 5.41) is 17.2. The zero-order valence-corrected chi connectivity index (χ0v) is 10.6. The Kier molecular flexibility index (Phi) is 7.56. The summed E-state index contributed by atoms with van der Waals surface area (Å²) in [4.78, 5) is 21.0. The fourth-order valence-electron chi connectivity index (χ4n) is 0.762. The van der Waals surface area contributed by atoms with Crippen LogP contribution in [-0.2, 0) is 19.5 Å². The lowest BCUT2D eigenvalue weighted by Gasteiger charge is -2.09. The molecule has 0 aliphatic rings. The molecule has 0 amide bonds. The van der Waals surface area contributed by atoms with Gasteiger partial charge in [-0.15, -0.1) is 0 Å². The molecular weight excluding hydrogens is 252 g/mol. The minimum absolute atomic E-state index is 0.252. The molecule has 0 aliphatic carbocycles. The summed E-state index contributed by atoms with van der Waals surface area (Å²) in [6.07, 6.45) is 0. The fraction of sp³-hybridized carbons (Fsp3) is 0.750. The summed E-state index contributed by atoms with van der Waals surface area (Å²) in [5.74, 6) is -0.692. The molecule has 0 rings (SSSR count). The van der Waals surface area contributed by atoms with E-state index in [1.54, 1.807) is 0 Å². The molecule has 94 valence electrons. The lowest BCUT2D eigenvalue weighted by atomic mass is 10.4. The van der Waals surface area contributed by atoms with Crippen molar-refractivity contribution in [2.45, 2.75) is 19.0 Å². The van der Waals surface area contributed by atoms with Crippen molar-refractivity contribution in [3.63, 3.8) is 0 Å². The third-order valence-corrected chi connectivity index (χ3v) is 6.46. The average Bonchev–Trinajstić information content (AvgIpc) is 2.22. The molecule has 0 radical (unpaired) electrons. The van der Waals surface area contributed by atoms with E-state index in [0.717, 1.165) is 5.75 Å². The van der Waals surface area contributed by atoms with E-state index in [1.807, 2.05) is 6.92 Å². The van der Waals surface area contributed by atoms with Crippen molar-refractivity contribution < 1.29 is 19.8 Å². The summed E-state index contributed by atoms with van der Waals surface area (Å²) >= 11 is 0. The van der Waals surface area contributed by atoms with Crippen molar-refractivity contribution in [3.8, 4) is 0 Å². The Bertz CT molecular complexity index is 252. The predicted molar refractivity (Wildman–Crippen MR) is 66.5 cm³/mol. The van der Waals surface area contributed by atoms with Crippen LogP contribution in [0.4, 0.5) is 0 Å². The van der Waals surface area contributed by atoms with Crippen LogP contribution in [0, 0.1) is 0 Å². The van der Waals surface area contributed by atoms with Gasteiger partial charge in [0, 0.05) is 0 Å². The Morgan fingerprint density at radius 3 is 2.12 bits per heavy atom. The molecule has 0 bridgehead atoms. The van der Waals surface area contributed by atoms with Crippen LogP contribution in [-0.4, -0.2) is 51.5 Å². The molecule has 3 atom stereocenters. The van der Waals surface area contributed by atoms with Gasteiger partial charge in [-0.1, -0.05) is 0 Å². The lowest BCUT2D eigenvalue weighted by Crippen LogP contribution is -2.38. The molecule has 0 aliphatic heterocycles. The molecular formula is C8H17N2O4S2+. The molecule has 0 aromatic rings. The van der Waals surface area contributed by atoms with E-state index in [1.165, 1.54) is 10.8 Å². The van der Waals surface area contributed by atoms with E-state index in [4.69, 9.17) is 21.7 Å². The van der Waals surface area contributed by atoms with Crippen LogP contribution in [0.25, 0.3) is 0 Å². The van der Waals surface area contributed by atoms with E-state index in [0.29, 0.717) is 5.75 Å². The molecule has 8 heteroatoms. The minimum atomic E-state index is -1.05. The second-order valence-corrected chi connectivity index (χ2v) is 7.55. The Balaban J connectivity index is 4.01. The van der Waals surface area contributed by atoms with E-state index in [2.05, 4.69) is 0 Å².